The first-order valence-corrected chi connectivity index (χ1v) is 4.37. The number of nitrogens with zero attached hydrogens (tertiary/aromatic N) is 1. The molecule has 1 aromatic rings. The number of pyridine rings is 1. The van der Waals surface area contributed by atoms with Gasteiger partial charge in [-0.15, -0.1) is 0 Å². The first-order valence-electron chi connectivity index (χ1n) is 4.37. The van der Waals surface area contributed by atoms with Gasteiger partial charge in [0.05, 0.1) is 0 Å². The van der Waals surface area contributed by atoms with Crippen molar-refractivity contribution in [2.24, 2.45) is 0 Å². The molecule has 0 radical (unpaired) electrons. The van der Waals surface area contributed by atoms with Crippen molar-refractivity contribution >= 4 is 0 Å². The van der Waals surface area contributed by atoms with Crippen LogP contribution < -0.4 is 5.32 Å². The van der Waals surface area contributed by atoms with Crippen molar-refractivity contribution < 1.29 is 0 Å². The number of hydrogen-bond acceptors (Lipinski definition) is 2. The molecule has 0 fully saturated rings. The van der Waals surface area contributed by atoms with Gasteiger partial charge in [0, 0.05) is 18.4 Å². The van der Waals surface area contributed by atoms with Crippen molar-refractivity contribution in [2.75, 3.05) is 7.05 Å². The lowest BCUT2D eigenvalue weighted by atomic mass is 10.0. The van der Waals surface area contributed by atoms with E-state index in [2.05, 4.69) is 30.2 Å². The summed E-state index contributed by atoms with van der Waals surface area (Å²) in [6.45, 7) is 4.28. The maximum atomic E-state index is 4.07. The van der Waals surface area contributed by atoms with Crippen LogP contribution in [-0.4, -0.2) is 12.0 Å². The second-order valence-electron chi connectivity index (χ2n) is 2.98. The van der Waals surface area contributed by atoms with E-state index in [-0.39, 0.29) is 0 Å². The Morgan fingerprint density at radius 3 is 2.83 bits per heavy atom. The third-order valence-corrected chi connectivity index (χ3v) is 2.20. The summed E-state index contributed by atoms with van der Waals surface area (Å²) in [4.78, 5) is 4.07. The third-order valence-electron chi connectivity index (χ3n) is 2.20. The molecule has 0 aromatic carbocycles. The van der Waals surface area contributed by atoms with Gasteiger partial charge in [0.1, 0.15) is 0 Å². The van der Waals surface area contributed by atoms with E-state index in [4.69, 9.17) is 0 Å². The molecule has 0 amide bonds. The van der Waals surface area contributed by atoms with E-state index >= 15 is 0 Å². The number of nitrogens with one attached hydrogen (secondary N) is 1. The van der Waals surface area contributed by atoms with Crippen LogP contribution in [0.15, 0.2) is 18.5 Å². The summed E-state index contributed by atoms with van der Waals surface area (Å²) in [6.07, 6.45) is 4.87. The van der Waals surface area contributed by atoms with Crippen LogP contribution >= 0.6 is 0 Å². The van der Waals surface area contributed by atoms with E-state index in [0.717, 1.165) is 6.42 Å². The highest BCUT2D eigenvalue weighted by atomic mass is 14.9. The highest BCUT2D eigenvalue weighted by Crippen LogP contribution is 2.18. The Bertz CT molecular complexity index is 241. The lowest BCUT2D eigenvalue weighted by Crippen LogP contribution is -2.16. The lowest BCUT2D eigenvalue weighted by Gasteiger charge is -2.15. The molecule has 0 aliphatic heterocycles. The highest BCUT2D eigenvalue weighted by molar-refractivity contribution is 5.24. The fraction of sp³-hybridized carbons (Fsp3) is 0.500. The Balaban J connectivity index is 2.92. The molecule has 12 heavy (non-hydrogen) atoms. The Morgan fingerprint density at radius 2 is 2.33 bits per heavy atom. The van der Waals surface area contributed by atoms with Crippen LogP contribution in [0.2, 0.25) is 0 Å². The molecule has 2 nitrogen and oxygen atoms in total. The van der Waals surface area contributed by atoms with Crippen LogP contribution in [0.3, 0.4) is 0 Å². The molecule has 1 unspecified atom stereocenters. The van der Waals surface area contributed by atoms with Gasteiger partial charge in [-0.3, -0.25) is 4.98 Å². The second kappa shape index (κ2) is 4.21. The molecular formula is C10H16N2. The molecule has 1 aromatic heterocycles. The van der Waals surface area contributed by atoms with Gasteiger partial charge in [0.25, 0.3) is 0 Å². The lowest BCUT2D eigenvalue weighted by molar-refractivity contribution is 0.573. The standard InChI is InChI=1S/C10H16N2/c1-4-10(11-3)9-5-6-12-7-8(9)2/h5-7,10-11H,4H2,1-3H3. The predicted octanol–water partition coefficient (Wildman–Crippen LogP) is 2.06. The van der Waals surface area contributed by atoms with Gasteiger partial charge in [-0.05, 0) is 37.6 Å². The molecule has 66 valence electrons. The summed E-state index contributed by atoms with van der Waals surface area (Å²) in [5.74, 6) is 0. The molecule has 1 atom stereocenters. The van der Waals surface area contributed by atoms with Gasteiger partial charge in [-0.1, -0.05) is 6.92 Å². The Hall–Kier alpha value is -0.890. The van der Waals surface area contributed by atoms with E-state index in [0.29, 0.717) is 6.04 Å². The smallest absolute Gasteiger partial charge is 0.0318 e. The fourth-order valence-corrected chi connectivity index (χ4v) is 1.45. The summed E-state index contributed by atoms with van der Waals surface area (Å²) in [5.41, 5.74) is 2.62. The maximum Gasteiger partial charge on any atom is 0.0318 e. The molecule has 2 heteroatoms. The van der Waals surface area contributed by atoms with Crippen LogP contribution in [0.25, 0.3) is 0 Å². The molecule has 1 heterocycles. The van der Waals surface area contributed by atoms with Gasteiger partial charge < -0.3 is 5.32 Å². The van der Waals surface area contributed by atoms with E-state index in [1.54, 1.807) is 0 Å². The molecule has 0 spiro atoms. The van der Waals surface area contributed by atoms with Crippen molar-refractivity contribution in [2.45, 2.75) is 26.3 Å². The zero-order valence-electron chi connectivity index (χ0n) is 7.96. The molecule has 0 bridgehead atoms. The third kappa shape index (κ3) is 1.83. The maximum absolute atomic E-state index is 4.07. The zero-order chi connectivity index (χ0) is 8.97. The minimum atomic E-state index is 0.466. The van der Waals surface area contributed by atoms with E-state index < -0.39 is 0 Å². The monoisotopic (exact) mass is 164 g/mol. The second-order valence-corrected chi connectivity index (χ2v) is 2.98. The minimum Gasteiger partial charge on any atom is -0.313 e. The van der Waals surface area contributed by atoms with Crippen LogP contribution in [0.4, 0.5) is 0 Å². The summed E-state index contributed by atoms with van der Waals surface area (Å²) in [5, 5.41) is 3.28. The van der Waals surface area contributed by atoms with Crippen LogP contribution in [0.1, 0.15) is 30.5 Å². The molecular weight excluding hydrogens is 148 g/mol. The average Bonchev–Trinajstić information content (AvgIpc) is 2.10. The van der Waals surface area contributed by atoms with Crippen LogP contribution in [0.5, 0.6) is 0 Å². The summed E-state index contributed by atoms with van der Waals surface area (Å²) < 4.78 is 0. The largest absolute Gasteiger partial charge is 0.313 e. The fourth-order valence-electron chi connectivity index (χ4n) is 1.45. The van der Waals surface area contributed by atoms with Crippen molar-refractivity contribution in [3.05, 3.63) is 29.6 Å². The quantitative estimate of drug-likeness (QED) is 0.739. The Morgan fingerprint density at radius 1 is 1.58 bits per heavy atom. The van der Waals surface area contributed by atoms with Crippen molar-refractivity contribution in [3.8, 4) is 0 Å². The first-order chi connectivity index (χ1) is 5.79. The molecule has 1 rings (SSSR count). The summed E-state index contributed by atoms with van der Waals surface area (Å²) in [7, 11) is 1.99. The molecule has 1 N–H and O–H groups in total. The summed E-state index contributed by atoms with van der Waals surface area (Å²) in [6, 6.07) is 2.55. The molecule has 0 aliphatic carbocycles. The van der Waals surface area contributed by atoms with Gasteiger partial charge in [-0.25, -0.2) is 0 Å². The SMILES string of the molecule is CCC(NC)c1ccncc1C. The van der Waals surface area contributed by atoms with Gasteiger partial charge in [0.15, 0.2) is 0 Å². The minimum absolute atomic E-state index is 0.466. The summed E-state index contributed by atoms with van der Waals surface area (Å²) >= 11 is 0. The highest BCUT2D eigenvalue weighted by Gasteiger charge is 2.07. The Labute approximate surface area is 74.0 Å². The normalized spacial score (nSPS) is 12.9. The molecule has 0 saturated heterocycles. The van der Waals surface area contributed by atoms with Gasteiger partial charge >= 0.3 is 0 Å². The van der Waals surface area contributed by atoms with E-state index in [1.807, 2.05) is 19.4 Å². The molecule has 0 aliphatic rings. The topological polar surface area (TPSA) is 24.9 Å². The number of rotatable bonds is 3. The number of hydrogen-bond donors (Lipinski definition) is 1. The number of aromatic nitrogens is 1. The van der Waals surface area contributed by atoms with Crippen LogP contribution in [-0.2, 0) is 0 Å². The first kappa shape index (κ1) is 9.20. The van der Waals surface area contributed by atoms with Crippen molar-refractivity contribution in [1.29, 1.82) is 0 Å². The number of aryl methyl sites for hydroxylation is 1. The van der Waals surface area contributed by atoms with E-state index in [9.17, 15) is 0 Å². The zero-order valence-corrected chi connectivity index (χ0v) is 7.96. The Kier molecular flexibility index (Phi) is 3.23. The van der Waals surface area contributed by atoms with Crippen molar-refractivity contribution in [1.82, 2.24) is 10.3 Å². The van der Waals surface area contributed by atoms with Crippen molar-refractivity contribution in [3.63, 3.8) is 0 Å². The average molecular weight is 164 g/mol. The molecule has 0 saturated carbocycles. The predicted molar refractivity (Wildman–Crippen MR) is 51.1 cm³/mol. The van der Waals surface area contributed by atoms with Gasteiger partial charge in [0.2, 0.25) is 0 Å². The van der Waals surface area contributed by atoms with E-state index in [1.165, 1.54) is 11.1 Å². The van der Waals surface area contributed by atoms with Gasteiger partial charge in [-0.2, -0.15) is 0 Å². The van der Waals surface area contributed by atoms with Crippen LogP contribution in [0, 0.1) is 6.92 Å².